The van der Waals surface area contributed by atoms with Gasteiger partial charge in [0.15, 0.2) is 0 Å². The van der Waals surface area contributed by atoms with Crippen molar-refractivity contribution in [1.82, 2.24) is 15.1 Å². The van der Waals surface area contributed by atoms with Crippen LogP contribution in [0.2, 0.25) is 0 Å². The molecule has 0 saturated heterocycles. The number of ether oxygens (including phenoxy) is 1. The first-order valence-electron chi connectivity index (χ1n) is 8.84. The predicted molar refractivity (Wildman–Crippen MR) is 110 cm³/mol. The van der Waals surface area contributed by atoms with Crippen molar-refractivity contribution in [3.05, 3.63) is 54.3 Å². The molecule has 2 aromatic carbocycles. The first-order chi connectivity index (χ1) is 14.4. The van der Waals surface area contributed by atoms with Gasteiger partial charge in [0.05, 0.1) is 19.4 Å². The lowest BCUT2D eigenvalue weighted by molar-refractivity contribution is -0.131. The van der Waals surface area contributed by atoms with Crippen LogP contribution >= 0.6 is 11.8 Å². The van der Waals surface area contributed by atoms with E-state index in [0.717, 1.165) is 17.3 Å². The first kappa shape index (κ1) is 21.3. The Bertz CT molecular complexity index is 1010. The normalized spacial score (nSPS) is 10.5. The molecule has 0 atom stereocenters. The summed E-state index contributed by atoms with van der Waals surface area (Å²) in [6.07, 6.45) is 0. The zero-order valence-electron chi connectivity index (χ0n) is 16.3. The molecule has 10 heteroatoms. The van der Waals surface area contributed by atoms with Gasteiger partial charge in [-0.3, -0.25) is 9.59 Å². The zero-order chi connectivity index (χ0) is 21.5. The number of benzene rings is 2. The lowest BCUT2D eigenvalue weighted by Gasteiger charge is -2.16. The van der Waals surface area contributed by atoms with E-state index < -0.39 is 5.82 Å². The number of carbonyl (C=O) groups excluding carboxylic acids is 2. The van der Waals surface area contributed by atoms with Gasteiger partial charge in [-0.2, -0.15) is 0 Å². The van der Waals surface area contributed by atoms with E-state index in [1.54, 1.807) is 31.4 Å². The molecule has 1 N–H and O–H groups in total. The number of thioether (sulfide) groups is 1. The van der Waals surface area contributed by atoms with Crippen molar-refractivity contribution in [3.63, 3.8) is 0 Å². The van der Waals surface area contributed by atoms with Crippen LogP contribution < -0.4 is 10.1 Å². The Morgan fingerprint density at radius 1 is 1.13 bits per heavy atom. The summed E-state index contributed by atoms with van der Waals surface area (Å²) in [6.45, 7) is -0.141. The zero-order valence-corrected chi connectivity index (χ0v) is 17.1. The van der Waals surface area contributed by atoms with E-state index in [1.807, 2.05) is 0 Å². The summed E-state index contributed by atoms with van der Waals surface area (Å²) in [4.78, 5) is 25.6. The molecule has 0 aliphatic rings. The number of halogens is 1. The molecule has 156 valence electrons. The molecular weight excluding hydrogens is 411 g/mol. The maximum absolute atomic E-state index is 12.9. The highest BCUT2D eigenvalue weighted by atomic mass is 32.2. The SMILES string of the molecule is COc1ccc(-c2nnc(SCC(=O)N(C)CC(=O)Nc3ccc(F)cc3)o2)cc1. The average Bonchev–Trinajstić information content (AvgIpc) is 3.22. The second-order valence-electron chi connectivity index (χ2n) is 6.20. The van der Waals surface area contributed by atoms with Gasteiger partial charge in [0.25, 0.3) is 5.22 Å². The number of hydrogen-bond donors (Lipinski definition) is 1. The molecule has 0 aliphatic heterocycles. The van der Waals surface area contributed by atoms with Crippen LogP contribution in [0.3, 0.4) is 0 Å². The molecular formula is C20H19FN4O4S. The number of rotatable bonds is 8. The van der Waals surface area contributed by atoms with Crippen molar-refractivity contribution in [2.75, 3.05) is 31.8 Å². The number of nitrogens with one attached hydrogen (secondary N) is 1. The molecule has 0 bridgehead atoms. The number of carbonyl (C=O) groups is 2. The van der Waals surface area contributed by atoms with Gasteiger partial charge in [-0.25, -0.2) is 4.39 Å². The Morgan fingerprint density at radius 3 is 2.50 bits per heavy atom. The van der Waals surface area contributed by atoms with Gasteiger partial charge in [0.1, 0.15) is 11.6 Å². The van der Waals surface area contributed by atoms with Crippen LogP contribution in [0.5, 0.6) is 5.75 Å². The molecule has 30 heavy (non-hydrogen) atoms. The summed E-state index contributed by atoms with van der Waals surface area (Å²) in [7, 11) is 3.10. The fourth-order valence-corrected chi connectivity index (χ4v) is 3.09. The smallest absolute Gasteiger partial charge is 0.277 e. The van der Waals surface area contributed by atoms with Crippen LogP contribution in [0.15, 0.2) is 58.2 Å². The number of aromatic nitrogens is 2. The molecule has 3 rings (SSSR count). The third kappa shape index (κ3) is 5.80. The minimum absolute atomic E-state index is 0.0323. The summed E-state index contributed by atoms with van der Waals surface area (Å²) in [6, 6.07) is 12.5. The summed E-state index contributed by atoms with van der Waals surface area (Å²) in [5.41, 5.74) is 1.18. The Hall–Kier alpha value is -3.40. The maximum atomic E-state index is 12.9. The number of anilines is 1. The molecule has 0 fully saturated rings. The quantitative estimate of drug-likeness (QED) is 0.549. The minimum Gasteiger partial charge on any atom is -0.497 e. The fourth-order valence-electron chi connectivity index (χ4n) is 2.39. The lowest BCUT2D eigenvalue weighted by Crippen LogP contribution is -2.35. The number of nitrogens with zero attached hydrogens (tertiary/aromatic N) is 3. The van der Waals surface area contributed by atoms with Gasteiger partial charge in [0, 0.05) is 18.3 Å². The van der Waals surface area contributed by atoms with E-state index in [0.29, 0.717) is 17.3 Å². The van der Waals surface area contributed by atoms with Crippen molar-refractivity contribution >= 4 is 29.3 Å². The molecule has 0 saturated carbocycles. The topological polar surface area (TPSA) is 97.6 Å². The standard InChI is InChI=1S/C20H19FN4O4S/c1-25(11-17(26)22-15-7-5-14(21)6-8-15)18(27)12-30-20-24-23-19(29-20)13-3-9-16(28-2)10-4-13/h3-10H,11-12H2,1-2H3,(H,22,26). The Balaban J connectivity index is 1.48. The van der Waals surface area contributed by atoms with E-state index in [1.165, 1.54) is 36.2 Å². The molecule has 0 spiro atoms. The van der Waals surface area contributed by atoms with E-state index >= 15 is 0 Å². The van der Waals surface area contributed by atoms with Crippen LogP contribution in [0, 0.1) is 5.82 Å². The van der Waals surface area contributed by atoms with Crippen molar-refractivity contribution in [2.24, 2.45) is 0 Å². The third-order valence-corrected chi connectivity index (χ3v) is 4.80. The molecule has 0 unspecified atom stereocenters. The van der Waals surface area contributed by atoms with Crippen molar-refractivity contribution in [1.29, 1.82) is 0 Å². The van der Waals surface area contributed by atoms with Crippen molar-refractivity contribution < 1.29 is 23.1 Å². The van der Waals surface area contributed by atoms with Gasteiger partial charge in [0.2, 0.25) is 17.7 Å². The maximum Gasteiger partial charge on any atom is 0.277 e. The number of likely N-dealkylation sites (N-methyl/N-ethyl adjacent to an activating group) is 1. The second-order valence-corrected chi connectivity index (χ2v) is 7.12. The number of hydrogen-bond acceptors (Lipinski definition) is 7. The Morgan fingerprint density at radius 2 is 1.83 bits per heavy atom. The number of amides is 2. The van der Waals surface area contributed by atoms with Crippen LogP contribution in [0.1, 0.15) is 0 Å². The van der Waals surface area contributed by atoms with Crippen LogP contribution in [-0.4, -0.2) is 53.4 Å². The summed E-state index contributed by atoms with van der Waals surface area (Å²) < 4.78 is 23.6. The largest absolute Gasteiger partial charge is 0.497 e. The highest BCUT2D eigenvalue weighted by Crippen LogP contribution is 2.25. The molecule has 3 aromatic rings. The first-order valence-corrected chi connectivity index (χ1v) is 9.83. The average molecular weight is 430 g/mol. The highest BCUT2D eigenvalue weighted by Gasteiger charge is 2.16. The Kier molecular flexibility index (Phi) is 7.02. The van der Waals surface area contributed by atoms with Crippen molar-refractivity contribution in [3.8, 4) is 17.2 Å². The van der Waals surface area contributed by atoms with Crippen LogP contribution in [0.25, 0.3) is 11.5 Å². The van der Waals surface area contributed by atoms with E-state index in [2.05, 4.69) is 15.5 Å². The Labute approximate surface area is 176 Å². The molecule has 8 nitrogen and oxygen atoms in total. The summed E-state index contributed by atoms with van der Waals surface area (Å²) in [5.74, 6) is 0.0171. The van der Waals surface area contributed by atoms with Crippen LogP contribution in [0.4, 0.5) is 10.1 Å². The fraction of sp³-hybridized carbons (Fsp3) is 0.200. The van der Waals surface area contributed by atoms with Gasteiger partial charge in [-0.15, -0.1) is 10.2 Å². The summed E-state index contributed by atoms with van der Waals surface area (Å²) in [5, 5.41) is 10.7. The third-order valence-electron chi connectivity index (χ3n) is 4.00. The monoisotopic (exact) mass is 430 g/mol. The van der Waals surface area contributed by atoms with Gasteiger partial charge in [-0.1, -0.05) is 11.8 Å². The van der Waals surface area contributed by atoms with E-state index in [9.17, 15) is 14.0 Å². The molecule has 1 aromatic heterocycles. The van der Waals surface area contributed by atoms with E-state index in [4.69, 9.17) is 9.15 Å². The molecule has 0 aliphatic carbocycles. The van der Waals surface area contributed by atoms with Crippen LogP contribution in [-0.2, 0) is 9.59 Å². The molecule has 2 amide bonds. The highest BCUT2D eigenvalue weighted by molar-refractivity contribution is 7.99. The molecule has 1 heterocycles. The van der Waals surface area contributed by atoms with Gasteiger partial charge < -0.3 is 19.4 Å². The van der Waals surface area contributed by atoms with E-state index in [-0.39, 0.29) is 29.3 Å². The van der Waals surface area contributed by atoms with Crippen molar-refractivity contribution in [2.45, 2.75) is 5.22 Å². The predicted octanol–water partition coefficient (Wildman–Crippen LogP) is 3.07. The lowest BCUT2D eigenvalue weighted by atomic mass is 10.2. The summed E-state index contributed by atoms with van der Waals surface area (Å²) >= 11 is 1.08. The van der Waals surface area contributed by atoms with Gasteiger partial charge >= 0.3 is 0 Å². The molecule has 0 radical (unpaired) electrons. The second kappa shape index (κ2) is 9.88. The minimum atomic E-state index is -0.395. The number of methoxy groups -OCH3 is 1. The van der Waals surface area contributed by atoms with Gasteiger partial charge in [-0.05, 0) is 48.5 Å².